The number of alkyl carbamates (subject to hydrolysis) is 1. The SMILES string of the molecule is COc1ccc(C[C@H]2COC(=O)[C@@H]2Cc2ccc(OC(O)NC3CCN(CC(C)(C)C(=O)OC(C)OC(=O)NC45CC6CC(C)(CC(C)(C6)C4)C5)CC3)c(OC)c2)cc1OC. The first-order valence-corrected chi connectivity index (χ1v) is 22.0. The van der Waals surface area contributed by atoms with Gasteiger partial charge < -0.3 is 48.5 Å². The number of rotatable bonds is 17. The zero-order chi connectivity index (χ0) is 43.7. The van der Waals surface area contributed by atoms with Crippen LogP contribution in [0.4, 0.5) is 4.79 Å². The van der Waals surface area contributed by atoms with E-state index in [1.54, 1.807) is 27.2 Å². The number of ether oxygens (including phenoxy) is 7. The van der Waals surface area contributed by atoms with E-state index in [0.717, 1.165) is 43.2 Å². The molecule has 8 rings (SSSR count). The van der Waals surface area contributed by atoms with Crippen LogP contribution in [-0.2, 0) is 36.6 Å². The summed E-state index contributed by atoms with van der Waals surface area (Å²) in [6, 6.07) is 11.2. The number of esters is 2. The minimum atomic E-state index is -1.29. The molecule has 0 radical (unpaired) electrons. The second kappa shape index (κ2) is 17.8. The third kappa shape index (κ3) is 10.5. The predicted molar refractivity (Wildman–Crippen MR) is 226 cm³/mol. The van der Waals surface area contributed by atoms with Crippen molar-refractivity contribution < 1.29 is 52.6 Å². The van der Waals surface area contributed by atoms with Crippen LogP contribution < -0.4 is 29.6 Å². The molecule has 0 aromatic heterocycles. The fourth-order valence-corrected chi connectivity index (χ4v) is 12.1. The summed E-state index contributed by atoms with van der Waals surface area (Å²) in [6.45, 7) is 12.2. The Balaban J connectivity index is 0.837. The van der Waals surface area contributed by atoms with Crippen LogP contribution in [0, 0.1) is 34.0 Å². The molecule has 1 amide bonds. The molecular weight excluding hydrogens is 783 g/mol. The fourth-order valence-electron chi connectivity index (χ4n) is 12.1. The second-order valence-corrected chi connectivity index (χ2v) is 20.1. The normalized spacial score (nSPS) is 29.7. The Kier molecular flexibility index (Phi) is 13.1. The zero-order valence-electron chi connectivity index (χ0n) is 37.3. The molecule has 0 spiro atoms. The third-order valence-electron chi connectivity index (χ3n) is 13.9. The minimum absolute atomic E-state index is 0.0172. The van der Waals surface area contributed by atoms with E-state index >= 15 is 0 Å². The lowest BCUT2D eigenvalue weighted by Crippen LogP contribution is -2.65. The summed E-state index contributed by atoms with van der Waals surface area (Å²) < 4.78 is 39.1. The summed E-state index contributed by atoms with van der Waals surface area (Å²) in [5.41, 5.74) is 1.32. The highest BCUT2D eigenvalue weighted by atomic mass is 16.7. The number of methoxy groups -OCH3 is 3. The van der Waals surface area contributed by atoms with Gasteiger partial charge in [-0.05, 0) is 143 Å². The van der Waals surface area contributed by atoms with Gasteiger partial charge in [-0.25, -0.2) is 4.79 Å². The molecule has 61 heavy (non-hydrogen) atoms. The van der Waals surface area contributed by atoms with Gasteiger partial charge in [0.05, 0.1) is 39.3 Å². The number of hydrogen-bond donors (Lipinski definition) is 3. The summed E-state index contributed by atoms with van der Waals surface area (Å²) in [4.78, 5) is 41.5. The van der Waals surface area contributed by atoms with Gasteiger partial charge >= 0.3 is 18.0 Å². The Hall–Kier alpha value is -4.27. The van der Waals surface area contributed by atoms with Crippen LogP contribution in [0.1, 0.15) is 97.1 Å². The summed E-state index contributed by atoms with van der Waals surface area (Å²) in [7, 11) is 4.73. The Morgan fingerprint density at radius 3 is 2.10 bits per heavy atom. The quantitative estimate of drug-likeness (QED) is 0.119. The number of piperidine rings is 1. The average Bonchev–Trinajstić information content (AvgIpc) is 3.51. The predicted octanol–water partition coefficient (Wildman–Crippen LogP) is 6.39. The van der Waals surface area contributed by atoms with Crippen molar-refractivity contribution in [3.05, 3.63) is 47.5 Å². The average molecular weight is 850 g/mol. The van der Waals surface area contributed by atoms with Gasteiger partial charge in [-0.2, -0.15) is 0 Å². The van der Waals surface area contributed by atoms with Gasteiger partial charge in [0.2, 0.25) is 6.29 Å². The molecule has 6 aliphatic rings. The second-order valence-electron chi connectivity index (χ2n) is 20.1. The van der Waals surface area contributed by atoms with Crippen molar-refractivity contribution in [3.8, 4) is 23.0 Å². The van der Waals surface area contributed by atoms with E-state index in [-0.39, 0.29) is 40.2 Å². The van der Waals surface area contributed by atoms with E-state index < -0.39 is 30.2 Å². The molecule has 2 heterocycles. The standard InChI is InChI=1S/C47H67N3O11/c1-29(60-43(54)49-47-23-32-21-45(4,26-47)25-46(5,22-32)27-47)59-41(52)44(2,3)28-50-15-13-34(14-16-50)48-42(53)61-37-12-10-31(20-39(37)57-8)18-35-33(24-58-40(35)51)17-30-9-11-36(55-6)38(19-30)56-7/h9-12,19-20,29,32-35,42,48,53H,13-18,21-28H2,1-8H3,(H,49,54)/t29?,32?,33-,35+,42?,45?,46?,47?/m0/s1. The summed E-state index contributed by atoms with van der Waals surface area (Å²) in [6.07, 6.45) is 6.34. The van der Waals surface area contributed by atoms with Crippen LogP contribution in [-0.4, -0.2) is 99.9 Å². The molecule has 2 aromatic rings. The Morgan fingerprint density at radius 1 is 0.869 bits per heavy atom. The maximum absolute atomic E-state index is 13.3. The lowest BCUT2D eigenvalue weighted by atomic mass is 9.43. The molecule has 3 N–H and O–H groups in total. The molecule has 2 aromatic carbocycles. The van der Waals surface area contributed by atoms with E-state index in [2.05, 4.69) is 29.4 Å². The van der Waals surface area contributed by atoms with E-state index in [1.165, 1.54) is 26.4 Å². The van der Waals surface area contributed by atoms with E-state index in [0.29, 0.717) is 68.0 Å². The number of hydrogen-bond acceptors (Lipinski definition) is 13. The highest BCUT2D eigenvalue weighted by Crippen LogP contribution is 2.66. The molecule has 4 bridgehead atoms. The highest BCUT2D eigenvalue weighted by molar-refractivity contribution is 5.77. The van der Waals surface area contributed by atoms with Crippen LogP contribution in [0.15, 0.2) is 36.4 Å². The summed E-state index contributed by atoms with van der Waals surface area (Å²) in [5, 5.41) is 17.3. The van der Waals surface area contributed by atoms with Gasteiger partial charge in [-0.1, -0.05) is 26.0 Å². The first-order chi connectivity index (χ1) is 28.9. The Bertz CT molecular complexity index is 1900. The van der Waals surface area contributed by atoms with Crippen molar-refractivity contribution in [2.75, 3.05) is 47.6 Å². The molecule has 2 saturated heterocycles. The third-order valence-corrected chi connectivity index (χ3v) is 13.9. The smallest absolute Gasteiger partial charge is 0.410 e. The Morgan fingerprint density at radius 2 is 1.48 bits per heavy atom. The highest BCUT2D eigenvalue weighted by Gasteiger charge is 2.60. The number of carbonyl (C=O) groups excluding carboxylic acids is 3. The summed E-state index contributed by atoms with van der Waals surface area (Å²) in [5.74, 6) is 1.72. The van der Waals surface area contributed by atoms with Crippen molar-refractivity contribution in [3.63, 3.8) is 0 Å². The minimum Gasteiger partial charge on any atom is -0.493 e. The van der Waals surface area contributed by atoms with Crippen molar-refractivity contribution in [2.45, 2.75) is 123 Å². The van der Waals surface area contributed by atoms with Gasteiger partial charge in [-0.3, -0.25) is 14.9 Å². The number of aliphatic hydroxyl groups excluding tert-OH is 1. The van der Waals surface area contributed by atoms with Crippen molar-refractivity contribution in [2.24, 2.45) is 34.0 Å². The molecule has 336 valence electrons. The number of likely N-dealkylation sites (tertiary alicyclic amines) is 1. The lowest BCUT2D eigenvalue weighted by molar-refractivity contribution is -0.177. The van der Waals surface area contributed by atoms with E-state index in [1.807, 2.05) is 44.2 Å². The van der Waals surface area contributed by atoms with Crippen LogP contribution in [0.2, 0.25) is 0 Å². The van der Waals surface area contributed by atoms with Crippen LogP contribution in [0.3, 0.4) is 0 Å². The van der Waals surface area contributed by atoms with Crippen molar-refractivity contribution >= 4 is 18.0 Å². The molecule has 4 unspecified atom stereocenters. The molecule has 6 fully saturated rings. The van der Waals surface area contributed by atoms with Gasteiger partial charge in [-0.15, -0.1) is 0 Å². The largest absolute Gasteiger partial charge is 0.493 e. The van der Waals surface area contributed by atoms with Crippen LogP contribution in [0.25, 0.3) is 0 Å². The maximum Gasteiger partial charge on any atom is 0.410 e. The van der Waals surface area contributed by atoms with E-state index in [4.69, 9.17) is 33.2 Å². The summed E-state index contributed by atoms with van der Waals surface area (Å²) >= 11 is 0. The van der Waals surface area contributed by atoms with Gasteiger partial charge in [0, 0.05) is 31.0 Å². The van der Waals surface area contributed by atoms with Crippen molar-refractivity contribution in [1.82, 2.24) is 15.5 Å². The molecule has 4 aliphatic carbocycles. The maximum atomic E-state index is 13.3. The monoisotopic (exact) mass is 849 g/mol. The number of nitrogens with one attached hydrogen (secondary N) is 2. The lowest BCUT2D eigenvalue weighted by Gasteiger charge is -2.65. The van der Waals surface area contributed by atoms with E-state index in [9.17, 15) is 19.5 Å². The zero-order valence-corrected chi connectivity index (χ0v) is 37.3. The molecule has 6 atom stereocenters. The van der Waals surface area contributed by atoms with Gasteiger partial charge in [0.25, 0.3) is 6.41 Å². The molecule has 14 nitrogen and oxygen atoms in total. The molecule has 4 saturated carbocycles. The molecule has 14 heteroatoms. The Labute approximate surface area is 360 Å². The first kappa shape index (κ1) is 44.8. The number of benzene rings is 2. The number of carbonyl (C=O) groups is 3. The topological polar surface area (TPSA) is 163 Å². The number of amides is 1. The van der Waals surface area contributed by atoms with Crippen LogP contribution >= 0.6 is 0 Å². The van der Waals surface area contributed by atoms with Gasteiger partial charge in [0.1, 0.15) is 0 Å². The number of cyclic esters (lactones) is 1. The number of aliphatic hydroxyl groups is 1. The molecular formula is C47H67N3O11. The molecule has 2 aliphatic heterocycles. The van der Waals surface area contributed by atoms with Crippen LogP contribution in [0.5, 0.6) is 23.0 Å². The first-order valence-electron chi connectivity index (χ1n) is 22.0. The number of nitrogens with zero attached hydrogens (tertiary/aromatic N) is 1. The van der Waals surface area contributed by atoms with Gasteiger partial charge in [0.15, 0.2) is 23.0 Å². The van der Waals surface area contributed by atoms with Crippen molar-refractivity contribution in [1.29, 1.82) is 0 Å². The fraction of sp³-hybridized carbons (Fsp3) is 0.681.